The van der Waals surface area contributed by atoms with E-state index in [1.807, 2.05) is 31.2 Å². The Hall–Kier alpha value is -3.54. The summed E-state index contributed by atoms with van der Waals surface area (Å²) >= 11 is 0. The maximum Gasteiger partial charge on any atom is 0.259 e. The molecule has 2 aromatic carbocycles. The van der Waals surface area contributed by atoms with Crippen molar-refractivity contribution < 1.29 is 32.2 Å². The van der Waals surface area contributed by atoms with Crippen molar-refractivity contribution in [3.63, 3.8) is 0 Å². The predicted molar refractivity (Wildman–Crippen MR) is 144 cm³/mol. The molecular formula is C28H32FN3O6S. The molecule has 39 heavy (non-hydrogen) atoms. The highest BCUT2D eigenvalue weighted by Gasteiger charge is 2.36. The molecule has 3 atom stereocenters. The molecule has 1 aliphatic heterocycles. The first-order valence-corrected chi connectivity index (χ1v) is 13.9. The minimum Gasteiger partial charge on any atom is -0.497 e. The van der Waals surface area contributed by atoms with Gasteiger partial charge in [0, 0.05) is 31.3 Å². The van der Waals surface area contributed by atoms with E-state index < -0.39 is 28.0 Å². The van der Waals surface area contributed by atoms with E-state index in [4.69, 9.17) is 9.47 Å². The van der Waals surface area contributed by atoms with Gasteiger partial charge in [0.05, 0.1) is 31.2 Å². The maximum atomic E-state index is 13.8. The molecule has 1 aliphatic rings. The summed E-state index contributed by atoms with van der Waals surface area (Å²) in [6.07, 6.45) is 0.880. The Morgan fingerprint density at radius 3 is 2.64 bits per heavy atom. The summed E-state index contributed by atoms with van der Waals surface area (Å²) in [5.74, 6) is -0.628. The molecule has 208 valence electrons. The van der Waals surface area contributed by atoms with Crippen LogP contribution in [0.3, 0.4) is 0 Å². The van der Waals surface area contributed by atoms with Gasteiger partial charge in [-0.15, -0.1) is 0 Å². The van der Waals surface area contributed by atoms with Crippen molar-refractivity contribution in [2.45, 2.75) is 30.9 Å². The van der Waals surface area contributed by atoms with Crippen molar-refractivity contribution >= 4 is 15.9 Å². The third-order valence-corrected chi connectivity index (χ3v) is 8.68. The average Bonchev–Trinajstić information content (AvgIpc) is 2.94. The third kappa shape index (κ3) is 6.05. The second kappa shape index (κ2) is 11.7. The fourth-order valence-electron chi connectivity index (χ4n) is 4.44. The maximum absolute atomic E-state index is 13.8. The molecule has 2 heterocycles. The molecule has 0 aliphatic carbocycles. The number of amides is 1. The lowest BCUT2D eigenvalue weighted by Gasteiger charge is -2.37. The van der Waals surface area contributed by atoms with E-state index in [0.29, 0.717) is 11.3 Å². The molecule has 0 unspecified atom stereocenters. The summed E-state index contributed by atoms with van der Waals surface area (Å²) in [4.78, 5) is 19.5. The Labute approximate surface area is 227 Å². The zero-order valence-electron chi connectivity index (χ0n) is 22.2. The number of aromatic nitrogens is 1. The molecule has 1 amide bonds. The Bertz CT molecular complexity index is 1450. The van der Waals surface area contributed by atoms with Gasteiger partial charge in [-0.25, -0.2) is 17.8 Å². The third-order valence-electron chi connectivity index (χ3n) is 6.87. The van der Waals surface area contributed by atoms with Crippen molar-refractivity contribution in [1.82, 2.24) is 14.2 Å². The average molecular weight is 558 g/mol. The van der Waals surface area contributed by atoms with Gasteiger partial charge in [-0.2, -0.15) is 4.31 Å². The fraction of sp³-hybridized carbons (Fsp3) is 0.357. The molecule has 1 N–H and O–H groups in total. The van der Waals surface area contributed by atoms with Crippen LogP contribution in [0, 0.1) is 11.7 Å². The summed E-state index contributed by atoms with van der Waals surface area (Å²) in [6, 6.07) is 13.3. The lowest BCUT2D eigenvalue weighted by molar-refractivity contribution is 0.0373. The van der Waals surface area contributed by atoms with E-state index in [-0.39, 0.29) is 47.9 Å². The first-order chi connectivity index (χ1) is 18.5. The van der Waals surface area contributed by atoms with Crippen LogP contribution in [0.25, 0.3) is 11.1 Å². The van der Waals surface area contributed by atoms with E-state index in [2.05, 4.69) is 4.98 Å². The van der Waals surface area contributed by atoms with Crippen LogP contribution >= 0.6 is 0 Å². The Morgan fingerprint density at radius 2 is 1.95 bits per heavy atom. The monoisotopic (exact) mass is 557 g/mol. The molecular weight excluding hydrogens is 525 g/mol. The smallest absolute Gasteiger partial charge is 0.259 e. The van der Waals surface area contributed by atoms with Gasteiger partial charge >= 0.3 is 0 Å². The van der Waals surface area contributed by atoms with Crippen LogP contribution in [0.1, 0.15) is 24.2 Å². The number of rotatable bonds is 8. The molecule has 0 spiro atoms. The van der Waals surface area contributed by atoms with Crippen molar-refractivity contribution in [2.75, 3.05) is 33.9 Å². The minimum atomic E-state index is -4.02. The van der Waals surface area contributed by atoms with Gasteiger partial charge in [-0.05, 0) is 48.9 Å². The molecule has 0 radical (unpaired) electrons. The van der Waals surface area contributed by atoms with Crippen molar-refractivity contribution in [3.05, 3.63) is 72.2 Å². The van der Waals surface area contributed by atoms with Crippen molar-refractivity contribution in [1.29, 1.82) is 0 Å². The van der Waals surface area contributed by atoms with E-state index in [1.165, 1.54) is 25.2 Å². The molecule has 0 fully saturated rings. The Morgan fingerprint density at radius 1 is 1.21 bits per heavy atom. The highest BCUT2D eigenvalue weighted by atomic mass is 32.2. The van der Waals surface area contributed by atoms with Crippen LogP contribution < -0.4 is 9.47 Å². The van der Waals surface area contributed by atoms with E-state index in [1.54, 1.807) is 31.2 Å². The summed E-state index contributed by atoms with van der Waals surface area (Å²) in [5, 5.41) is 9.89. The SMILES string of the molecule is COc1cccc(-c2cnc3c(c2)C(=O)N([C@H](C)CO)C[C@H](C)[C@H](CN(C)S(=O)(=O)c2cccc(F)c2)O3)c1. The van der Waals surface area contributed by atoms with Crippen molar-refractivity contribution in [3.8, 4) is 22.8 Å². The van der Waals surface area contributed by atoms with Gasteiger partial charge in [0.2, 0.25) is 15.9 Å². The van der Waals surface area contributed by atoms with E-state index in [0.717, 1.165) is 15.9 Å². The lowest BCUT2D eigenvalue weighted by Crippen LogP contribution is -2.50. The highest BCUT2D eigenvalue weighted by Crippen LogP contribution is 2.32. The van der Waals surface area contributed by atoms with Gasteiger partial charge in [0.15, 0.2) is 0 Å². The second-order valence-electron chi connectivity index (χ2n) is 9.67. The minimum absolute atomic E-state index is 0.0647. The number of hydrogen-bond donors (Lipinski definition) is 1. The van der Waals surface area contributed by atoms with Gasteiger partial charge in [0.1, 0.15) is 23.2 Å². The topological polar surface area (TPSA) is 109 Å². The van der Waals surface area contributed by atoms with Gasteiger partial charge in [-0.1, -0.05) is 25.1 Å². The largest absolute Gasteiger partial charge is 0.497 e. The van der Waals surface area contributed by atoms with Crippen LogP contribution in [0.4, 0.5) is 4.39 Å². The predicted octanol–water partition coefficient (Wildman–Crippen LogP) is 3.44. The number of benzene rings is 2. The molecule has 4 rings (SSSR count). The normalized spacial score (nSPS) is 18.6. The number of hydrogen-bond acceptors (Lipinski definition) is 7. The molecule has 3 aromatic rings. The highest BCUT2D eigenvalue weighted by molar-refractivity contribution is 7.89. The summed E-state index contributed by atoms with van der Waals surface area (Å²) < 4.78 is 52.7. The number of methoxy groups -OCH3 is 1. The number of pyridine rings is 1. The quantitative estimate of drug-likeness (QED) is 0.452. The number of halogens is 1. The zero-order chi connectivity index (χ0) is 28.3. The number of carbonyl (C=O) groups excluding carboxylic acids is 1. The number of likely N-dealkylation sites (N-methyl/N-ethyl adjacent to an activating group) is 1. The number of aliphatic hydroxyl groups excluding tert-OH is 1. The van der Waals surface area contributed by atoms with Crippen molar-refractivity contribution in [2.24, 2.45) is 5.92 Å². The summed E-state index contributed by atoms with van der Waals surface area (Å²) in [7, 11) is -1.05. The molecule has 0 saturated heterocycles. The van der Waals surface area contributed by atoms with E-state index >= 15 is 0 Å². The summed E-state index contributed by atoms with van der Waals surface area (Å²) in [5.41, 5.74) is 1.65. The lowest BCUT2D eigenvalue weighted by atomic mass is 9.99. The second-order valence-corrected chi connectivity index (χ2v) is 11.7. The fourth-order valence-corrected chi connectivity index (χ4v) is 5.65. The van der Waals surface area contributed by atoms with Crippen LogP contribution in [0.5, 0.6) is 11.6 Å². The number of ether oxygens (including phenoxy) is 2. The molecule has 0 saturated carbocycles. The van der Waals surface area contributed by atoms with Crippen LogP contribution in [0.2, 0.25) is 0 Å². The van der Waals surface area contributed by atoms with Gasteiger partial charge in [-0.3, -0.25) is 4.79 Å². The van der Waals surface area contributed by atoms with E-state index in [9.17, 15) is 22.7 Å². The summed E-state index contributed by atoms with van der Waals surface area (Å²) in [6.45, 7) is 3.46. The molecule has 0 bridgehead atoms. The first kappa shape index (κ1) is 28.5. The Balaban J connectivity index is 1.72. The number of aliphatic hydroxyl groups is 1. The van der Waals surface area contributed by atoms with Gasteiger partial charge < -0.3 is 19.5 Å². The molecule has 11 heteroatoms. The van der Waals surface area contributed by atoms with Crippen LogP contribution in [-0.2, 0) is 10.0 Å². The van der Waals surface area contributed by atoms with Crippen LogP contribution in [0.15, 0.2) is 65.7 Å². The number of nitrogens with zero attached hydrogens (tertiary/aromatic N) is 3. The molecule has 9 nitrogen and oxygen atoms in total. The number of carbonyl (C=O) groups is 1. The van der Waals surface area contributed by atoms with Gasteiger partial charge in [0.25, 0.3) is 5.91 Å². The number of fused-ring (bicyclic) bond motifs is 1. The first-order valence-electron chi connectivity index (χ1n) is 12.5. The Kier molecular flexibility index (Phi) is 8.53. The molecule has 1 aromatic heterocycles. The zero-order valence-corrected chi connectivity index (χ0v) is 23.1. The number of sulfonamides is 1. The standard InChI is InChI=1S/C28H32FN3O6S/c1-18-15-32(19(2)17-33)28(34)25-12-21(20-7-5-9-23(11-20)37-4)14-30-27(25)38-26(18)16-31(3)39(35,36)24-10-6-8-22(29)13-24/h5-14,18-19,26,33H,15-17H2,1-4H3/t18-,19+,26-/m0/s1. The van der Waals surface area contributed by atoms with Crippen LogP contribution in [-0.4, -0.2) is 79.6 Å².